The molecule has 32 heavy (non-hydrogen) atoms. The normalized spacial score (nSPS) is 16.6. The first kappa shape index (κ1) is 22.2. The van der Waals surface area contributed by atoms with Gasteiger partial charge in [0.05, 0.1) is 24.5 Å². The molecule has 168 valence electrons. The van der Waals surface area contributed by atoms with Crippen LogP contribution in [0.4, 0.5) is 15.9 Å². The second kappa shape index (κ2) is 8.84. The lowest BCUT2D eigenvalue weighted by Crippen LogP contribution is -2.52. The SMILES string of the molecule is Cc1nc(CCc2cnn(Cc3ccc(F)cc3Cl)c2)nc2c1NC(=O)[C@H]([C@H](C)O)N2C. The van der Waals surface area contributed by atoms with Gasteiger partial charge in [0.15, 0.2) is 5.82 Å². The average molecular weight is 459 g/mol. The summed E-state index contributed by atoms with van der Waals surface area (Å²) >= 11 is 6.11. The zero-order chi connectivity index (χ0) is 23.0. The van der Waals surface area contributed by atoms with E-state index in [1.54, 1.807) is 35.8 Å². The van der Waals surface area contributed by atoms with E-state index < -0.39 is 12.1 Å². The summed E-state index contributed by atoms with van der Waals surface area (Å²) < 4.78 is 15.0. The molecule has 1 amide bonds. The van der Waals surface area contributed by atoms with Crippen LogP contribution in [-0.2, 0) is 24.2 Å². The Morgan fingerprint density at radius 3 is 2.81 bits per heavy atom. The van der Waals surface area contributed by atoms with Crippen LogP contribution in [0.25, 0.3) is 0 Å². The molecule has 2 aromatic heterocycles. The fourth-order valence-corrected chi connectivity index (χ4v) is 4.10. The maximum atomic E-state index is 13.2. The van der Waals surface area contributed by atoms with Crippen LogP contribution in [0.15, 0.2) is 30.6 Å². The third-order valence-electron chi connectivity index (χ3n) is 5.51. The molecular weight excluding hydrogens is 435 g/mol. The van der Waals surface area contributed by atoms with Crippen LogP contribution in [0.5, 0.6) is 0 Å². The summed E-state index contributed by atoms with van der Waals surface area (Å²) in [6.45, 7) is 3.85. The van der Waals surface area contributed by atoms with Gasteiger partial charge in [-0.15, -0.1) is 0 Å². The summed E-state index contributed by atoms with van der Waals surface area (Å²) in [5, 5.41) is 17.5. The standard InChI is InChI=1S/C22H24ClFN6O2/c1-12-19-21(29(3)20(13(2)31)22(32)28-19)27-18(26-12)7-4-14-9-25-30(10-14)11-15-5-6-16(24)8-17(15)23/h5-6,8-10,13,20,31H,4,7,11H2,1-3H3,(H,28,32)/t13-,20-/m0/s1. The van der Waals surface area contributed by atoms with E-state index in [2.05, 4.69) is 20.4 Å². The van der Waals surface area contributed by atoms with Gasteiger partial charge in [-0.25, -0.2) is 14.4 Å². The molecule has 1 aliphatic rings. The largest absolute Gasteiger partial charge is 0.391 e. The first-order valence-electron chi connectivity index (χ1n) is 10.3. The van der Waals surface area contributed by atoms with Gasteiger partial charge in [-0.05, 0) is 43.5 Å². The Morgan fingerprint density at radius 1 is 1.31 bits per heavy atom. The van der Waals surface area contributed by atoms with Crippen molar-refractivity contribution in [2.75, 3.05) is 17.3 Å². The van der Waals surface area contributed by atoms with Gasteiger partial charge in [-0.3, -0.25) is 9.48 Å². The molecule has 2 N–H and O–H groups in total. The highest BCUT2D eigenvalue weighted by molar-refractivity contribution is 6.31. The van der Waals surface area contributed by atoms with E-state index in [0.29, 0.717) is 47.4 Å². The maximum absolute atomic E-state index is 13.2. The Bertz CT molecular complexity index is 1170. The van der Waals surface area contributed by atoms with Gasteiger partial charge in [0.1, 0.15) is 23.4 Å². The first-order valence-corrected chi connectivity index (χ1v) is 10.6. The Morgan fingerprint density at radius 2 is 2.09 bits per heavy atom. The van der Waals surface area contributed by atoms with Gasteiger partial charge < -0.3 is 15.3 Å². The summed E-state index contributed by atoms with van der Waals surface area (Å²) in [7, 11) is 1.75. The molecule has 3 heterocycles. The summed E-state index contributed by atoms with van der Waals surface area (Å²) in [5.41, 5.74) is 3.04. The summed E-state index contributed by atoms with van der Waals surface area (Å²) in [6.07, 6.45) is 4.11. The molecule has 8 nitrogen and oxygen atoms in total. The van der Waals surface area contributed by atoms with Crippen molar-refractivity contribution in [1.82, 2.24) is 19.7 Å². The summed E-state index contributed by atoms with van der Waals surface area (Å²) in [4.78, 5) is 23.2. The Balaban J connectivity index is 1.47. The number of likely N-dealkylation sites (N-methyl/N-ethyl adjacent to an activating group) is 1. The van der Waals surface area contributed by atoms with Crippen LogP contribution in [0, 0.1) is 12.7 Å². The number of carbonyl (C=O) groups excluding carboxylic acids is 1. The minimum atomic E-state index is -0.840. The number of anilines is 2. The van der Waals surface area contributed by atoms with Crippen LogP contribution in [0.3, 0.4) is 0 Å². The summed E-state index contributed by atoms with van der Waals surface area (Å²) in [6, 6.07) is 3.61. The maximum Gasteiger partial charge on any atom is 0.249 e. The van der Waals surface area contributed by atoms with E-state index in [9.17, 15) is 14.3 Å². The van der Waals surface area contributed by atoms with Crippen LogP contribution >= 0.6 is 11.6 Å². The highest BCUT2D eigenvalue weighted by atomic mass is 35.5. The van der Waals surface area contributed by atoms with Crippen molar-refractivity contribution in [2.45, 2.75) is 45.4 Å². The van der Waals surface area contributed by atoms with Crippen molar-refractivity contribution in [3.63, 3.8) is 0 Å². The zero-order valence-electron chi connectivity index (χ0n) is 18.0. The van der Waals surface area contributed by atoms with Crippen molar-refractivity contribution >= 4 is 29.0 Å². The molecule has 1 aromatic carbocycles. The first-order chi connectivity index (χ1) is 15.2. The number of hydrogen-bond donors (Lipinski definition) is 2. The van der Waals surface area contributed by atoms with E-state index in [4.69, 9.17) is 11.6 Å². The lowest BCUT2D eigenvalue weighted by Gasteiger charge is -2.36. The number of aliphatic hydroxyl groups is 1. The van der Waals surface area contributed by atoms with Gasteiger partial charge in [0.2, 0.25) is 5.91 Å². The number of nitrogens with zero attached hydrogens (tertiary/aromatic N) is 5. The topological polar surface area (TPSA) is 96.2 Å². The zero-order valence-corrected chi connectivity index (χ0v) is 18.8. The van der Waals surface area contributed by atoms with Crippen LogP contribution in [0.1, 0.15) is 29.6 Å². The van der Waals surface area contributed by atoms with E-state index in [0.717, 1.165) is 11.1 Å². The minimum absolute atomic E-state index is 0.275. The molecule has 10 heteroatoms. The number of benzene rings is 1. The van der Waals surface area contributed by atoms with Crippen molar-refractivity contribution in [3.05, 3.63) is 64.1 Å². The molecule has 0 fully saturated rings. The molecule has 0 spiro atoms. The van der Waals surface area contributed by atoms with Gasteiger partial charge >= 0.3 is 0 Å². The third kappa shape index (κ3) is 4.44. The minimum Gasteiger partial charge on any atom is -0.391 e. The Kier molecular flexibility index (Phi) is 6.12. The van der Waals surface area contributed by atoms with Crippen molar-refractivity contribution in [1.29, 1.82) is 0 Å². The fraction of sp³-hybridized carbons (Fsp3) is 0.364. The molecule has 0 bridgehead atoms. The number of fused-ring (bicyclic) bond motifs is 1. The van der Waals surface area contributed by atoms with Crippen LogP contribution < -0.4 is 10.2 Å². The number of halogens is 2. The smallest absolute Gasteiger partial charge is 0.249 e. The third-order valence-corrected chi connectivity index (χ3v) is 5.87. The lowest BCUT2D eigenvalue weighted by molar-refractivity contribution is -0.119. The number of aryl methyl sites for hydroxylation is 3. The monoisotopic (exact) mass is 458 g/mol. The molecule has 0 radical (unpaired) electrons. The van der Waals surface area contributed by atoms with Crippen molar-refractivity contribution in [3.8, 4) is 0 Å². The number of rotatable bonds is 6. The number of aromatic nitrogens is 4. The predicted molar refractivity (Wildman–Crippen MR) is 119 cm³/mol. The molecule has 0 aliphatic carbocycles. The lowest BCUT2D eigenvalue weighted by atomic mass is 10.1. The number of hydrogen-bond acceptors (Lipinski definition) is 6. The van der Waals surface area contributed by atoms with Gasteiger partial charge in [0.25, 0.3) is 0 Å². The molecule has 3 aromatic rings. The fourth-order valence-electron chi connectivity index (χ4n) is 3.88. The van der Waals surface area contributed by atoms with E-state index in [1.807, 2.05) is 13.1 Å². The van der Waals surface area contributed by atoms with Crippen LogP contribution in [-0.4, -0.2) is 50.0 Å². The number of aliphatic hydroxyl groups excluding tert-OH is 1. The van der Waals surface area contributed by atoms with Gasteiger partial charge in [0, 0.05) is 24.7 Å². The Hall–Kier alpha value is -3.04. The molecule has 0 saturated heterocycles. The average Bonchev–Trinajstić information content (AvgIpc) is 3.17. The molecule has 1 aliphatic heterocycles. The molecule has 2 atom stereocenters. The number of carbonyl (C=O) groups is 1. The predicted octanol–water partition coefficient (Wildman–Crippen LogP) is 2.75. The number of amides is 1. The highest BCUT2D eigenvalue weighted by Crippen LogP contribution is 2.32. The second-order valence-corrected chi connectivity index (χ2v) is 8.40. The highest BCUT2D eigenvalue weighted by Gasteiger charge is 2.36. The Labute approximate surface area is 190 Å². The van der Waals surface area contributed by atoms with E-state index in [1.165, 1.54) is 12.1 Å². The van der Waals surface area contributed by atoms with Gasteiger partial charge in [-0.1, -0.05) is 17.7 Å². The summed E-state index contributed by atoms with van der Waals surface area (Å²) in [5.74, 6) is 0.593. The van der Waals surface area contributed by atoms with Gasteiger partial charge in [-0.2, -0.15) is 5.10 Å². The molecular formula is C22H24ClFN6O2. The molecule has 4 rings (SSSR count). The second-order valence-electron chi connectivity index (χ2n) is 7.99. The van der Waals surface area contributed by atoms with E-state index >= 15 is 0 Å². The van der Waals surface area contributed by atoms with E-state index in [-0.39, 0.29) is 11.7 Å². The van der Waals surface area contributed by atoms with Crippen molar-refractivity contribution in [2.24, 2.45) is 0 Å². The number of nitrogens with one attached hydrogen (secondary N) is 1. The molecule has 0 unspecified atom stereocenters. The van der Waals surface area contributed by atoms with Crippen LogP contribution in [0.2, 0.25) is 5.02 Å². The molecule has 0 saturated carbocycles. The van der Waals surface area contributed by atoms with Crippen molar-refractivity contribution < 1.29 is 14.3 Å². The quantitative estimate of drug-likeness (QED) is 0.589.